The summed E-state index contributed by atoms with van der Waals surface area (Å²) in [4.78, 5) is 11.8. The fourth-order valence-corrected chi connectivity index (χ4v) is 2.36. The van der Waals surface area contributed by atoms with Crippen LogP contribution in [0.25, 0.3) is 0 Å². The lowest BCUT2D eigenvalue weighted by Gasteiger charge is -2.22. The van der Waals surface area contributed by atoms with Gasteiger partial charge in [0.25, 0.3) is 0 Å². The Kier molecular flexibility index (Phi) is 3.97. The summed E-state index contributed by atoms with van der Waals surface area (Å²) in [6, 6.07) is 0. The second kappa shape index (κ2) is 5.47. The van der Waals surface area contributed by atoms with Crippen LogP contribution in [0, 0.1) is 11.8 Å². The molecule has 1 atom stereocenters. The van der Waals surface area contributed by atoms with Crippen molar-refractivity contribution < 1.29 is 4.79 Å². The first kappa shape index (κ1) is 10.9. The van der Waals surface area contributed by atoms with Crippen molar-refractivity contribution in [3.8, 4) is 0 Å². The molecule has 0 unspecified atom stereocenters. The highest BCUT2D eigenvalue weighted by Gasteiger charge is 2.22. The molecule has 15 heavy (non-hydrogen) atoms. The molecule has 2 aliphatic rings. The molecular weight excluding hydrogens is 190 g/mol. The molecule has 2 saturated heterocycles. The lowest BCUT2D eigenvalue weighted by atomic mass is 9.97. The topological polar surface area (TPSA) is 53.2 Å². The van der Waals surface area contributed by atoms with Crippen LogP contribution in [0.5, 0.6) is 0 Å². The Hall–Kier alpha value is -0.610. The Morgan fingerprint density at radius 1 is 1.13 bits per heavy atom. The van der Waals surface area contributed by atoms with E-state index in [0.29, 0.717) is 5.92 Å². The third-order valence-corrected chi connectivity index (χ3v) is 3.44. The highest BCUT2D eigenvalue weighted by molar-refractivity contribution is 5.78. The van der Waals surface area contributed by atoms with Gasteiger partial charge in [0.05, 0.1) is 0 Å². The second-order valence-electron chi connectivity index (χ2n) is 4.63. The van der Waals surface area contributed by atoms with E-state index in [0.717, 1.165) is 45.6 Å². The van der Waals surface area contributed by atoms with E-state index < -0.39 is 0 Å². The van der Waals surface area contributed by atoms with E-state index in [1.807, 2.05) is 0 Å². The molecule has 1 amide bonds. The average Bonchev–Trinajstić information content (AvgIpc) is 2.80. The van der Waals surface area contributed by atoms with Crippen LogP contribution in [0.4, 0.5) is 0 Å². The highest BCUT2D eigenvalue weighted by Crippen LogP contribution is 2.12. The van der Waals surface area contributed by atoms with Crippen LogP contribution in [0.1, 0.15) is 19.3 Å². The Bertz CT molecular complexity index is 208. The van der Waals surface area contributed by atoms with Crippen molar-refractivity contribution in [3.63, 3.8) is 0 Å². The maximum atomic E-state index is 11.8. The lowest BCUT2D eigenvalue weighted by molar-refractivity contribution is -0.125. The maximum Gasteiger partial charge on any atom is 0.223 e. The summed E-state index contributed by atoms with van der Waals surface area (Å²) in [6.45, 7) is 5.00. The maximum absolute atomic E-state index is 11.8. The van der Waals surface area contributed by atoms with Gasteiger partial charge in [-0.05, 0) is 51.4 Å². The van der Waals surface area contributed by atoms with Crippen molar-refractivity contribution >= 4 is 5.91 Å². The molecule has 2 heterocycles. The molecule has 2 aliphatic heterocycles. The third-order valence-electron chi connectivity index (χ3n) is 3.44. The van der Waals surface area contributed by atoms with E-state index in [4.69, 9.17) is 0 Å². The molecular formula is C11H21N3O. The SMILES string of the molecule is O=C(NC[C@@H]1CCNC1)C1CCNCC1. The molecule has 3 N–H and O–H groups in total. The van der Waals surface area contributed by atoms with E-state index in [9.17, 15) is 4.79 Å². The van der Waals surface area contributed by atoms with Crippen LogP contribution < -0.4 is 16.0 Å². The van der Waals surface area contributed by atoms with Gasteiger partial charge in [-0.25, -0.2) is 0 Å². The molecule has 0 radical (unpaired) electrons. The van der Waals surface area contributed by atoms with Gasteiger partial charge in [0.2, 0.25) is 5.91 Å². The molecule has 86 valence electrons. The summed E-state index contributed by atoms with van der Waals surface area (Å²) in [5.74, 6) is 1.17. The van der Waals surface area contributed by atoms with Gasteiger partial charge in [0.1, 0.15) is 0 Å². The Morgan fingerprint density at radius 3 is 2.53 bits per heavy atom. The van der Waals surface area contributed by atoms with Crippen molar-refractivity contribution in [2.45, 2.75) is 19.3 Å². The monoisotopic (exact) mass is 211 g/mol. The van der Waals surface area contributed by atoms with Crippen molar-refractivity contribution in [3.05, 3.63) is 0 Å². The summed E-state index contributed by atoms with van der Waals surface area (Å²) in [7, 11) is 0. The molecule has 0 bridgehead atoms. The van der Waals surface area contributed by atoms with Gasteiger partial charge >= 0.3 is 0 Å². The van der Waals surface area contributed by atoms with Gasteiger partial charge in [0.15, 0.2) is 0 Å². The fourth-order valence-electron chi connectivity index (χ4n) is 2.36. The third kappa shape index (κ3) is 3.18. The van der Waals surface area contributed by atoms with Crippen molar-refractivity contribution in [1.29, 1.82) is 0 Å². The first-order valence-electron chi connectivity index (χ1n) is 6.05. The minimum absolute atomic E-state index is 0.251. The Labute approximate surface area is 91.2 Å². The predicted octanol–water partition coefficient (Wildman–Crippen LogP) is -0.288. The molecule has 2 fully saturated rings. The first-order valence-corrected chi connectivity index (χ1v) is 6.05. The summed E-state index contributed by atoms with van der Waals surface area (Å²) >= 11 is 0. The number of hydrogen-bond acceptors (Lipinski definition) is 3. The molecule has 2 rings (SSSR count). The largest absolute Gasteiger partial charge is 0.356 e. The number of amides is 1. The van der Waals surface area contributed by atoms with E-state index >= 15 is 0 Å². The van der Waals surface area contributed by atoms with E-state index in [-0.39, 0.29) is 11.8 Å². The normalized spacial score (nSPS) is 27.9. The average molecular weight is 211 g/mol. The van der Waals surface area contributed by atoms with Crippen LogP contribution in [-0.2, 0) is 4.79 Å². The second-order valence-corrected chi connectivity index (χ2v) is 4.63. The fraction of sp³-hybridized carbons (Fsp3) is 0.909. The van der Waals surface area contributed by atoms with Gasteiger partial charge in [-0.2, -0.15) is 0 Å². The smallest absolute Gasteiger partial charge is 0.223 e. The van der Waals surface area contributed by atoms with Crippen molar-refractivity contribution in [2.75, 3.05) is 32.7 Å². The van der Waals surface area contributed by atoms with E-state index in [2.05, 4.69) is 16.0 Å². The van der Waals surface area contributed by atoms with Gasteiger partial charge in [-0.3, -0.25) is 4.79 Å². The van der Waals surface area contributed by atoms with Crippen LogP contribution in [-0.4, -0.2) is 38.6 Å². The Morgan fingerprint density at radius 2 is 1.87 bits per heavy atom. The van der Waals surface area contributed by atoms with Crippen molar-refractivity contribution in [1.82, 2.24) is 16.0 Å². The van der Waals surface area contributed by atoms with Crippen LogP contribution in [0.3, 0.4) is 0 Å². The number of carbonyl (C=O) groups is 1. The van der Waals surface area contributed by atoms with Gasteiger partial charge < -0.3 is 16.0 Å². The minimum Gasteiger partial charge on any atom is -0.356 e. The van der Waals surface area contributed by atoms with Gasteiger partial charge in [-0.1, -0.05) is 0 Å². The number of hydrogen-bond donors (Lipinski definition) is 3. The quantitative estimate of drug-likeness (QED) is 0.601. The minimum atomic E-state index is 0.251. The molecule has 0 aromatic carbocycles. The highest BCUT2D eigenvalue weighted by atomic mass is 16.1. The number of carbonyl (C=O) groups excluding carboxylic acids is 1. The number of nitrogens with one attached hydrogen (secondary N) is 3. The van der Waals surface area contributed by atoms with Crippen molar-refractivity contribution in [2.24, 2.45) is 11.8 Å². The molecule has 0 aromatic heterocycles. The van der Waals surface area contributed by atoms with Crippen LogP contribution in [0.2, 0.25) is 0 Å². The zero-order valence-corrected chi connectivity index (χ0v) is 9.22. The lowest BCUT2D eigenvalue weighted by Crippen LogP contribution is -2.40. The van der Waals surface area contributed by atoms with Crippen LogP contribution in [0.15, 0.2) is 0 Å². The van der Waals surface area contributed by atoms with E-state index in [1.165, 1.54) is 6.42 Å². The summed E-state index contributed by atoms with van der Waals surface area (Å²) in [5.41, 5.74) is 0. The molecule has 0 spiro atoms. The summed E-state index contributed by atoms with van der Waals surface area (Å²) < 4.78 is 0. The molecule has 4 heteroatoms. The molecule has 0 saturated carbocycles. The number of piperidine rings is 1. The summed E-state index contributed by atoms with van der Waals surface area (Å²) in [5, 5.41) is 9.68. The van der Waals surface area contributed by atoms with Gasteiger partial charge in [0, 0.05) is 12.5 Å². The summed E-state index contributed by atoms with van der Waals surface area (Å²) in [6.07, 6.45) is 3.19. The zero-order valence-electron chi connectivity index (χ0n) is 9.22. The number of rotatable bonds is 3. The predicted molar refractivity (Wildman–Crippen MR) is 59.6 cm³/mol. The Balaban J connectivity index is 1.66. The van der Waals surface area contributed by atoms with E-state index in [1.54, 1.807) is 0 Å². The molecule has 4 nitrogen and oxygen atoms in total. The zero-order chi connectivity index (χ0) is 10.5. The molecule has 0 aromatic rings. The van der Waals surface area contributed by atoms with Gasteiger partial charge in [-0.15, -0.1) is 0 Å². The first-order chi connectivity index (χ1) is 7.36. The van der Waals surface area contributed by atoms with Crippen LogP contribution >= 0.6 is 0 Å². The standard InChI is InChI=1S/C11H21N3O/c15-11(10-2-5-12-6-3-10)14-8-9-1-4-13-7-9/h9-10,12-13H,1-8H2,(H,14,15)/t9-/m1/s1. The molecule has 0 aliphatic carbocycles.